The highest BCUT2D eigenvalue weighted by molar-refractivity contribution is 7.92. The number of fused-ring (bicyclic) bond motifs is 1. The van der Waals surface area contributed by atoms with Crippen molar-refractivity contribution < 1.29 is 40.9 Å². The normalized spacial score (nSPS) is 15.1. The Hall–Kier alpha value is -4.12. The van der Waals surface area contributed by atoms with Gasteiger partial charge in [-0.2, -0.15) is 8.78 Å². The number of benzene rings is 3. The maximum atomic E-state index is 13.8. The molecule has 0 bridgehead atoms. The van der Waals surface area contributed by atoms with Gasteiger partial charge in [0.1, 0.15) is 23.4 Å². The summed E-state index contributed by atoms with van der Waals surface area (Å²) in [5.41, 5.74) is 1.79. The van der Waals surface area contributed by atoms with E-state index in [0.29, 0.717) is 17.1 Å². The number of anilines is 1. The van der Waals surface area contributed by atoms with Crippen LogP contribution in [-0.4, -0.2) is 47.9 Å². The maximum absolute atomic E-state index is 13.8. The third-order valence-electron chi connectivity index (χ3n) is 6.03. The minimum Gasteiger partial charge on any atom is -0.496 e. The topological polar surface area (TPSA) is 91.4 Å². The summed E-state index contributed by atoms with van der Waals surface area (Å²) in [5.74, 6) is 0.246. The quantitative estimate of drug-likeness (QED) is 0.243. The minimum absolute atomic E-state index is 0.0296. The predicted octanol–water partition coefficient (Wildman–Crippen LogP) is 5.38. The van der Waals surface area contributed by atoms with E-state index in [9.17, 15) is 22.0 Å². The molecule has 0 aliphatic carbocycles. The maximum Gasteiger partial charge on any atom is 0.387 e. The first-order chi connectivity index (χ1) is 18.7. The molecule has 3 aromatic carbocycles. The van der Waals surface area contributed by atoms with E-state index in [0.717, 1.165) is 15.9 Å². The number of hydrogen-bond acceptors (Lipinski definition) is 7. The molecule has 0 aromatic heterocycles. The van der Waals surface area contributed by atoms with Crippen molar-refractivity contribution in [1.82, 2.24) is 0 Å². The number of methoxy groups -OCH3 is 2. The lowest BCUT2D eigenvalue weighted by Crippen LogP contribution is -2.43. The number of carbonyl (C=O) groups excluding carboxylic acids is 1. The fourth-order valence-corrected chi connectivity index (χ4v) is 5.65. The van der Waals surface area contributed by atoms with Crippen molar-refractivity contribution in [3.63, 3.8) is 0 Å². The van der Waals surface area contributed by atoms with Gasteiger partial charge in [0.05, 0.1) is 31.3 Å². The lowest BCUT2D eigenvalue weighted by atomic mass is 10.1. The van der Waals surface area contributed by atoms with Crippen LogP contribution >= 0.6 is 0 Å². The van der Waals surface area contributed by atoms with Gasteiger partial charge in [0.15, 0.2) is 0 Å². The van der Waals surface area contributed by atoms with E-state index < -0.39 is 28.7 Å². The van der Waals surface area contributed by atoms with E-state index in [4.69, 9.17) is 14.2 Å². The molecule has 11 heteroatoms. The van der Waals surface area contributed by atoms with Gasteiger partial charge in [-0.1, -0.05) is 42.5 Å². The summed E-state index contributed by atoms with van der Waals surface area (Å²) in [4.78, 5) is 11.5. The monoisotopic (exact) mass is 559 g/mol. The number of hydrogen-bond donors (Lipinski definition) is 0. The molecule has 0 N–H and O–H groups in total. The number of halogens is 2. The Labute approximate surface area is 225 Å². The fraction of sp³-hybridized carbons (Fsp3) is 0.250. The lowest BCUT2D eigenvalue weighted by Gasteiger charge is -2.35. The molecule has 0 amide bonds. The van der Waals surface area contributed by atoms with Crippen LogP contribution in [-0.2, 0) is 19.6 Å². The Bertz CT molecular complexity index is 1460. The van der Waals surface area contributed by atoms with Crippen LogP contribution in [0.5, 0.6) is 17.2 Å². The van der Waals surface area contributed by atoms with E-state index in [1.54, 1.807) is 25.3 Å². The predicted molar refractivity (Wildman–Crippen MR) is 142 cm³/mol. The largest absolute Gasteiger partial charge is 0.496 e. The second-order valence-corrected chi connectivity index (χ2v) is 10.4. The average Bonchev–Trinajstić information content (AvgIpc) is 2.94. The molecular weight excluding hydrogens is 532 g/mol. The van der Waals surface area contributed by atoms with Gasteiger partial charge >= 0.3 is 12.6 Å². The SMILES string of the molecule is COC(=O)CC[C@H]1CN(S(=O)(=O)c2cccc(OC(F)F)c2)c2cc(/C=C/c3ccccc3OC)ccc2O1. The van der Waals surface area contributed by atoms with E-state index in [-0.39, 0.29) is 35.7 Å². The number of alkyl halides is 2. The highest BCUT2D eigenvalue weighted by atomic mass is 32.2. The van der Waals surface area contributed by atoms with Crippen LogP contribution in [0.4, 0.5) is 14.5 Å². The van der Waals surface area contributed by atoms with Crippen LogP contribution < -0.4 is 18.5 Å². The molecule has 1 aliphatic heterocycles. The standard InChI is InChI=1S/C28H27F2NO7S/c1-35-25-9-4-3-6-20(25)12-10-19-11-14-26-24(16-19)31(18-22(37-26)13-15-27(32)36-2)39(33,34)23-8-5-7-21(17-23)38-28(29)30/h3-12,14,16-17,22,28H,13,15,18H2,1-2H3/b12-10+/t22-/m0/s1. The van der Waals surface area contributed by atoms with Crippen molar-refractivity contribution in [3.8, 4) is 17.2 Å². The number of esters is 1. The summed E-state index contributed by atoms with van der Waals surface area (Å²) >= 11 is 0. The first kappa shape index (κ1) is 27.9. The van der Waals surface area contributed by atoms with Gasteiger partial charge in [0, 0.05) is 18.1 Å². The zero-order valence-electron chi connectivity index (χ0n) is 21.3. The van der Waals surface area contributed by atoms with Crippen molar-refractivity contribution in [2.75, 3.05) is 25.1 Å². The summed E-state index contributed by atoms with van der Waals surface area (Å²) in [5, 5.41) is 0. The van der Waals surface area contributed by atoms with Gasteiger partial charge in [-0.15, -0.1) is 0 Å². The Kier molecular flexibility index (Phi) is 8.70. The van der Waals surface area contributed by atoms with Crippen LogP contribution in [0.15, 0.2) is 71.6 Å². The molecule has 0 radical (unpaired) electrons. The number of para-hydroxylation sites is 1. The third kappa shape index (κ3) is 6.66. The smallest absolute Gasteiger partial charge is 0.387 e. The van der Waals surface area contributed by atoms with Gasteiger partial charge in [-0.25, -0.2) is 8.42 Å². The molecule has 0 spiro atoms. The number of carbonyl (C=O) groups is 1. The van der Waals surface area contributed by atoms with E-state index >= 15 is 0 Å². The minimum atomic E-state index is -4.24. The van der Waals surface area contributed by atoms with Crippen LogP contribution in [0.3, 0.4) is 0 Å². The number of ether oxygens (including phenoxy) is 4. The summed E-state index contributed by atoms with van der Waals surface area (Å²) < 4.78 is 74.8. The molecule has 1 atom stereocenters. The Morgan fingerprint density at radius 3 is 2.62 bits per heavy atom. The summed E-state index contributed by atoms with van der Waals surface area (Å²) in [6.45, 7) is -3.21. The second-order valence-electron chi connectivity index (χ2n) is 8.55. The van der Waals surface area contributed by atoms with Crippen molar-refractivity contribution >= 4 is 33.8 Å². The van der Waals surface area contributed by atoms with Crippen molar-refractivity contribution in [1.29, 1.82) is 0 Å². The van der Waals surface area contributed by atoms with Gasteiger partial charge in [0.25, 0.3) is 10.0 Å². The fourth-order valence-electron chi connectivity index (χ4n) is 4.12. The van der Waals surface area contributed by atoms with Gasteiger partial charge in [0.2, 0.25) is 0 Å². The summed E-state index contributed by atoms with van der Waals surface area (Å²) in [6, 6.07) is 17.5. The molecule has 0 unspecified atom stereocenters. The first-order valence-electron chi connectivity index (χ1n) is 12.0. The zero-order valence-corrected chi connectivity index (χ0v) is 22.1. The van der Waals surface area contributed by atoms with E-state index in [2.05, 4.69) is 4.74 Å². The molecule has 3 aromatic rings. The Balaban J connectivity index is 1.72. The molecule has 1 heterocycles. The molecule has 0 saturated carbocycles. The molecule has 0 saturated heterocycles. The van der Waals surface area contributed by atoms with Gasteiger partial charge in [-0.05, 0) is 42.3 Å². The number of nitrogens with zero attached hydrogens (tertiary/aromatic N) is 1. The van der Waals surface area contributed by atoms with Crippen LogP contribution in [0.1, 0.15) is 24.0 Å². The van der Waals surface area contributed by atoms with Crippen molar-refractivity contribution in [2.24, 2.45) is 0 Å². The summed E-state index contributed by atoms with van der Waals surface area (Å²) in [7, 11) is -1.40. The molecule has 39 heavy (non-hydrogen) atoms. The van der Waals surface area contributed by atoms with Crippen LogP contribution in [0, 0.1) is 0 Å². The van der Waals surface area contributed by atoms with Crippen LogP contribution in [0.25, 0.3) is 12.2 Å². The highest BCUT2D eigenvalue weighted by Crippen LogP contribution is 2.39. The molecule has 8 nitrogen and oxygen atoms in total. The van der Waals surface area contributed by atoms with Crippen LogP contribution in [0.2, 0.25) is 0 Å². The third-order valence-corrected chi connectivity index (χ3v) is 7.80. The second kappa shape index (κ2) is 12.2. The molecule has 4 rings (SSSR count). The number of rotatable bonds is 10. The van der Waals surface area contributed by atoms with E-state index in [1.165, 1.54) is 25.3 Å². The van der Waals surface area contributed by atoms with E-state index in [1.807, 2.05) is 36.4 Å². The lowest BCUT2D eigenvalue weighted by molar-refractivity contribution is -0.141. The number of sulfonamides is 1. The summed E-state index contributed by atoms with van der Waals surface area (Å²) in [6.07, 6.45) is 3.24. The average molecular weight is 560 g/mol. The molecular formula is C28H27F2NO7S. The van der Waals surface area contributed by atoms with Gasteiger partial charge < -0.3 is 18.9 Å². The molecule has 206 valence electrons. The van der Waals surface area contributed by atoms with Gasteiger partial charge in [-0.3, -0.25) is 9.10 Å². The zero-order chi connectivity index (χ0) is 28.0. The molecule has 0 fully saturated rings. The van der Waals surface area contributed by atoms with Crippen molar-refractivity contribution in [3.05, 3.63) is 77.9 Å². The molecule has 1 aliphatic rings. The Morgan fingerprint density at radius 2 is 1.87 bits per heavy atom. The first-order valence-corrected chi connectivity index (χ1v) is 13.4. The van der Waals surface area contributed by atoms with Crippen molar-refractivity contribution in [2.45, 2.75) is 30.5 Å². The Morgan fingerprint density at radius 1 is 1.08 bits per heavy atom. The highest BCUT2D eigenvalue weighted by Gasteiger charge is 2.35.